The highest BCUT2D eigenvalue weighted by atomic mass is 16.5. The van der Waals surface area contributed by atoms with Gasteiger partial charge in [-0.3, -0.25) is 0 Å². The number of piperidine rings is 1. The van der Waals surface area contributed by atoms with Gasteiger partial charge in [-0.05, 0) is 38.1 Å². The molecule has 5 heteroatoms. The van der Waals surface area contributed by atoms with Gasteiger partial charge in [0.05, 0.1) is 0 Å². The first kappa shape index (κ1) is 18.5. The zero-order valence-corrected chi connectivity index (χ0v) is 16.1. The number of hydrogen-bond donors (Lipinski definition) is 0. The van der Waals surface area contributed by atoms with Gasteiger partial charge in [-0.2, -0.15) is 4.98 Å². The third-order valence-electron chi connectivity index (χ3n) is 5.82. The summed E-state index contributed by atoms with van der Waals surface area (Å²) in [5, 5.41) is 4.32. The van der Waals surface area contributed by atoms with Crippen LogP contribution in [0.4, 0.5) is 0 Å². The number of nitrogens with zero attached hydrogens (tertiary/aromatic N) is 3. The third-order valence-corrected chi connectivity index (χ3v) is 5.82. The average molecular weight is 362 g/mol. The summed E-state index contributed by atoms with van der Waals surface area (Å²) in [6.45, 7) is 2.19. The molecule has 1 aliphatic heterocycles. The summed E-state index contributed by atoms with van der Waals surface area (Å²) in [5.41, 5.74) is 0.965. The predicted molar refractivity (Wildman–Crippen MR) is 110 cm³/mol. The maximum atomic E-state index is 5.59. The van der Waals surface area contributed by atoms with Gasteiger partial charge in [-0.1, -0.05) is 79.9 Å². The van der Waals surface area contributed by atoms with Crippen molar-refractivity contribution in [3.05, 3.63) is 54.2 Å². The van der Waals surface area contributed by atoms with Gasteiger partial charge in [0, 0.05) is 11.5 Å². The Morgan fingerprint density at radius 1 is 0.926 bits per heavy atom. The van der Waals surface area contributed by atoms with E-state index in [0.29, 0.717) is 11.8 Å². The minimum atomic E-state index is 0.367. The molecule has 2 fully saturated rings. The van der Waals surface area contributed by atoms with Gasteiger partial charge in [-0.25, -0.2) is 0 Å². The molecule has 1 atom stereocenters. The number of allylic oxidation sites excluding steroid dienone is 8. The minimum absolute atomic E-state index is 0.367. The van der Waals surface area contributed by atoms with E-state index in [-0.39, 0.29) is 0 Å². The molecule has 1 aromatic heterocycles. The zero-order valence-electron chi connectivity index (χ0n) is 16.1. The average Bonchev–Trinajstić information content (AvgIpc) is 3.00. The molecule has 141 valence electrons. The second-order valence-corrected chi connectivity index (χ2v) is 7.94. The largest absolute Gasteiger partial charge is 0.346 e. The second kappa shape index (κ2) is 9.36. The van der Waals surface area contributed by atoms with Gasteiger partial charge in [0.25, 0.3) is 5.89 Å². The van der Waals surface area contributed by atoms with Crippen LogP contribution in [0.1, 0.15) is 69.0 Å². The molecule has 4 rings (SSSR count). The second-order valence-electron chi connectivity index (χ2n) is 7.94. The molecule has 0 aromatic carbocycles. The predicted octanol–water partition coefficient (Wildman–Crippen LogP) is 5.08. The first-order valence-corrected chi connectivity index (χ1v) is 10.5. The van der Waals surface area contributed by atoms with Gasteiger partial charge >= 0.3 is 0 Å². The van der Waals surface area contributed by atoms with Crippen LogP contribution in [0.15, 0.2) is 47.1 Å². The summed E-state index contributed by atoms with van der Waals surface area (Å²) >= 11 is 0. The van der Waals surface area contributed by atoms with Crippen molar-refractivity contribution in [2.75, 3.05) is 13.1 Å². The molecule has 0 bridgehead atoms. The number of aromatic nitrogens is 2. The van der Waals surface area contributed by atoms with E-state index in [4.69, 9.17) is 9.51 Å². The van der Waals surface area contributed by atoms with E-state index in [9.17, 15) is 0 Å². The molecular weight excluding hydrogens is 333 g/mol. The molecule has 0 amide bonds. The summed E-state index contributed by atoms with van der Waals surface area (Å²) in [6.07, 6.45) is 24.7. The molecule has 0 spiro atoms. The van der Waals surface area contributed by atoms with Crippen LogP contribution in [0.2, 0.25) is 5.82 Å². The van der Waals surface area contributed by atoms with Crippen molar-refractivity contribution < 1.29 is 4.52 Å². The molecule has 2 heterocycles. The van der Waals surface area contributed by atoms with Gasteiger partial charge < -0.3 is 9.33 Å². The first-order chi connectivity index (χ1) is 13.4. The molecule has 4 nitrogen and oxygen atoms in total. The van der Waals surface area contributed by atoms with E-state index in [1.165, 1.54) is 51.5 Å². The SMILES string of the molecule is [B](C1CCCCCC1)N1CCCC(c2noc(C3=CC=CC=CC=C3)n2)C1. The van der Waals surface area contributed by atoms with Crippen LogP contribution in [0.3, 0.4) is 0 Å². The number of rotatable bonds is 4. The van der Waals surface area contributed by atoms with Crippen LogP contribution < -0.4 is 0 Å². The van der Waals surface area contributed by atoms with E-state index in [1.807, 2.05) is 42.5 Å². The lowest BCUT2D eigenvalue weighted by atomic mass is 9.68. The molecule has 3 aliphatic rings. The molecule has 1 aromatic rings. The maximum Gasteiger partial charge on any atom is 0.257 e. The van der Waals surface area contributed by atoms with Crippen LogP contribution in [-0.4, -0.2) is 35.5 Å². The summed E-state index contributed by atoms with van der Waals surface area (Å²) < 4.78 is 5.59. The Kier molecular flexibility index (Phi) is 6.41. The van der Waals surface area contributed by atoms with Crippen molar-refractivity contribution >= 4 is 13.0 Å². The molecule has 1 saturated heterocycles. The Balaban J connectivity index is 1.39. The monoisotopic (exact) mass is 362 g/mol. The minimum Gasteiger partial charge on any atom is -0.346 e. The van der Waals surface area contributed by atoms with E-state index in [1.54, 1.807) is 0 Å². The summed E-state index contributed by atoms with van der Waals surface area (Å²) in [4.78, 5) is 7.26. The Morgan fingerprint density at radius 2 is 1.74 bits per heavy atom. The van der Waals surface area contributed by atoms with Crippen LogP contribution >= 0.6 is 0 Å². The molecule has 1 radical (unpaired) electrons. The fourth-order valence-electron chi connectivity index (χ4n) is 4.34. The summed E-state index contributed by atoms with van der Waals surface area (Å²) in [7, 11) is 2.52. The summed E-state index contributed by atoms with van der Waals surface area (Å²) in [6, 6.07) is 0. The van der Waals surface area contributed by atoms with Crippen LogP contribution in [-0.2, 0) is 0 Å². The fourth-order valence-corrected chi connectivity index (χ4v) is 4.34. The highest BCUT2D eigenvalue weighted by molar-refractivity contribution is 6.34. The lowest BCUT2D eigenvalue weighted by Gasteiger charge is -2.33. The Bertz CT molecular complexity index is 726. The first-order valence-electron chi connectivity index (χ1n) is 10.5. The Labute approximate surface area is 163 Å². The topological polar surface area (TPSA) is 42.2 Å². The zero-order chi connectivity index (χ0) is 18.3. The fraction of sp³-hybridized carbons (Fsp3) is 0.545. The molecule has 0 N–H and O–H groups in total. The Morgan fingerprint density at radius 3 is 2.63 bits per heavy atom. The van der Waals surface area contributed by atoms with Gasteiger partial charge in [0.2, 0.25) is 7.41 Å². The van der Waals surface area contributed by atoms with E-state index < -0.39 is 0 Å². The lowest BCUT2D eigenvalue weighted by molar-refractivity contribution is 0.304. The smallest absolute Gasteiger partial charge is 0.257 e. The standard InChI is InChI=1S/C22H29BN3O/c1-2-6-11-18(12-7-3-1)22-24-21(25-27-22)19-13-10-16-26(17-19)23-20-14-8-4-5-9-15-20/h1-3,6-7,11-12,19-20H,4-5,8-10,13-17H2. The van der Waals surface area contributed by atoms with E-state index in [2.05, 4.69) is 17.4 Å². The van der Waals surface area contributed by atoms with Crippen molar-refractivity contribution in [1.82, 2.24) is 15.0 Å². The summed E-state index contributed by atoms with van der Waals surface area (Å²) in [5.74, 6) is 2.61. The molecular formula is C22H29BN3O. The van der Waals surface area contributed by atoms with Crippen LogP contribution in [0, 0.1) is 0 Å². The van der Waals surface area contributed by atoms with Gasteiger partial charge in [0.15, 0.2) is 5.82 Å². The Hall–Kier alpha value is -1.88. The van der Waals surface area contributed by atoms with Crippen molar-refractivity contribution in [2.24, 2.45) is 0 Å². The van der Waals surface area contributed by atoms with Crippen molar-refractivity contribution in [3.63, 3.8) is 0 Å². The van der Waals surface area contributed by atoms with Gasteiger partial charge in [0.1, 0.15) is 0 Å². The van der Waals surface area contributed by atoms with E-state index in [0.717, 1.165) is 30.2 Å². The van der Waals surface area contributed by atoms with Crippen molar-refractivity contribution in [2.45, 2.75) is 63.1 Å². The van der Waals surface area contributed by atoms with Crippen molar-refractivity contribution in [3.8, 4) is 0 Å². The highest BCUT2D eigenvalue weighted by Crippen LogP contribution is 2.31. The number of hydrogen-bond acceptors (Lipinski definition) is 4. The highest BCUT2D eigenvalue weighted by Gasteiger charge is 2.28. The molecule has 1 unspecified atom stereocenters. The normalized spacial score (nSPS) is 24.9. The lowest BCUT2D eigenvalue weighted by Crippen LogP contribution is -2.39. The van der Waals surface area contributed by atoms with Crippen LogP contribution in [0.5, 0.6) is 0 Å². The van der Waals surface area contributed by atoms with Gasteiger partial charge in [-0.15, -0.1) is 0 Å². The third kappa shape index (κ3) is 5.10. The maximum absolute atomic E-state index is 5.59. The van der Waals surface area contributed by atoms with Crippen molar-refractivity contribution in [1.29, 1.82) is 0 Å². The van der Waals surface area contributed by atoms with E-state index >= 15 is 0 Å². The quantitative estimate of drug-likeness (QED) is 0.554. The van der Waals surface area contributed by atoms with Crippen LogP contribution in [0.25, 0.3) is 5.57 Å². The molecule has 27 heavy (non-hydrogen) atoms. The molecule has 1 saturated carbocycles. The molecule has 2 aliphatic carbocycles.